The van der Waals surface area contributed by atoms with Gasteiger partial charge in [-0.05, 0) is 79.4 Å². The van der Waals surface area contributed by atoms with E-state index in [4.69, 9.17) is 4.74 Å². The van der Waals surface area contributed by atoms with Crippen LogP contribution in [0.1, 0.15) is 62.6 Å². The van der Waals surface area contributed by atoms with Crippen molar-refractivity contribution >= 4 is 22.9 Å². The summed E-state index contributed by atoms with van der Waals surface area (Å²) >= 11 is 0. The first-order valence-corrected chi connectivity index (χ1v) is 12.2. The Balaban J connectivity index is 1.98. The fourth-order valence-corrected chi connectivity index (χ4v) is 5.19. The van der Waals surface area contributed by atoms with Crippen molar-refractivity contribution in [3.8, 4) is 23.3 Å². The van der Waals surface area contributed by atoms with Gasteiger partial charge in [0.25, 0.3) is 0 Å². The minimum absolute atomic E-state index is 0.0835. The zero-order valence-electron chi connectivity index (χ0n) is 21.2. The number of hydrogen-bond donors (Lipinski definition) is 2. The van der Waals surface area contributed by atoms with Gasteiger partial charge in [0.15, 0.2) is 5.60 Å². The van der Waals surface area contributed by atoms with E-state index in [1.165, 1.54) is 0 Å². The number of ether oxygens (including phenoxy) is 1. The molecule has 37 heavy (non-hydrogen) atoms. The monoisotopic (exact) mass is 489 g/mol. The van der Waals surface area contributed by atoms with Gasteiger partial charge in [0.2, 0.25) is 0 Å². The number of aryl methyl sites for hydroxylation is 2. The van der Waals surface area contributed by atoms with Crippen LogP contribution < -0.4 is 0 Å². The third kappa shape index (κ3) is 3.65. The molecule has 0 saturated carbocycles. The van der Waals surface area contributed by atoms with Crippen molar-refractivity contribution in [2.24, 2.45) is 0 Å². The van der Waals surface area contributed by atoms with E-state index >= 15 is 0 Å². The summed E-state index contributed by atoms with van der Waals surface area (Å²) in [5.41, 5.74) is 4.24. The minimum Gasteiger partial charge on any atom is -0.507 e. The number of esters is 1. The van der Waals surface area contributed by atoms with E-state index in [2.05, 4.69) is 16.8 Å². The first-order valence-electron chi connectivity index (χ1n) is 12.2. The molecule has 0 saturated heterocycles. The summed E-state index contributed by atoms with van der Waals surface area (Å²) in [5, 5.41) is 22.4. The van der Waals surface area contributed by atoms with E-state index in [-0.39, 0.29) is 11.5 Å². The Morgan fingerprint density at radius 1 is 0.973 bits per heavy atom. The highest BCUT2D eigenvalue weighted by molar-refractivity contribution is 5.99. The fourth-order valence-electron chi connectivity index (χ4n) is 5.19. The topological polar surface area (TPSA) is 79.7 Å². The van der Waals surface area contributed by atoms with Crippen molar-refractivity contribution in [3.05, 3.63) is 105 Å². The second-order valence-corrected chi connectivity index (χ2v) is 9.24. The number of cyclic esters (lactones) is 1. The molecule has 184 valence electrons. The Kier molecular flexibility index (Phi) is 5.97. The van der Waals surface area contributed by atoms with E-state index in [0.717, 1.165) is 6.42 Å². The molecule has 1 aromatic heterocycles. The number of fused-ring (bicyclic) bond motifs is 2. The van der Waals surface area contributed by atoms with Crippen molar-refractivity contribution in [3.63, 3.8) is 0 Å². The highest BCUT2D eigenvalue weighted by Crippen LogP contribution is 2.52. The van der Waals surface area contributed by atoms with Crippen LogP contribution in [-0.2, 0) is 10.3 Å². The summed E-state index contributed by atoms with van der Waals surface area (Å²) < 4.78 is 6.41. The van der Waals surface area contributed by atoms with Crippen molar-refractivity contribution in [2.45, 2.75) is 39.7 Å². The van der Waals surface area contributed by atoms with Crippen LogP contribution in [-0.4, -0.2) is 21.2 Å². The van der Waals surface area contributed by atoms with Gasteiger partial charge in [-0.3, -0.25) is 4.98 Å². The number of allylic oxidation sites excluding steroid dienone is 1. The second kappa shape index (κ2) is 9.15. The number of phenols is 2. The quantitative estimate of drug-likeness (QED) is 0.255. The van der Waals surface area contributed by atoms with E-state index in [1.807, 2.05) is 63.2 Å². The average Bonchev–Trinajstić information content (AvgIpc) is 3.21. The molecule has 5 rings (SSSR count). The van der Waals surface area contributed by atoms with Gasteiger partial charge in [0, 0.05) is 34.7 Å². The molecule has 1 aliphatic rings. The SMILES string of the molecule is CCC#C/C=C\c1c(C2(c3cc(C)c(O)c4ncccc34)OC(=O)c3ccccc32)cc(C)c(O)c1C. The van der Waals surface area contributed by atoms with Gasteiger partial charge in [-0.15, -0.1) is 0 Å². The predicted octanol–water partition coefficient (Wildman–Crippen LogP) is 6.46. The number of phenolic OH excluding ortho intramolecular Hbond substituents is 2. The van der Waals surface area contributed by atoms with Gasteiger partial charge in [0.05, 0.1) is 5.56 Å². The summed E-state index contributed by atoms with van der Waals surface area (Å²) in [7, 11) is 0. The lowest BCUT2D eigenvalue weighted by Gasteiger charge is -2.34. The smallest absolute Gasteiger partial charge is 0.340 e. The van der Waals surface area contributed by atoms with Crippen LogP contribution in [0.4, 0.5) is 0 Å². The number of nitrogens with zero attached hydrogens (tertiary/aromatic N) is 1. The third-order valence-electron chi connectivity index (χ3n) is 6.98. The Labute approximate surface area is 216 Å². The molecule has 2 N–H and O–H groups in total. The normalized spacial score (nSPS) is 16.5. The molecule has 0 bridgehead atoms. The van der Waals surface area contributed by atoms with Crippen LogP contribution in [0.3, 0.4) is 0 Å². The number of aromatic nitrogens is 1. The molecule has 0 fully saturated rings. The zero-order chi connectivity index (χ0) is 26.3. The van der Waals surface area contributed by atoms with Crippen LogP contribution >= 0.6 is 0 Å². The maximum Gasteiger partial charge on any atom is 0.340 e. The number of benzene rings is 3. The molecule has 1 unspecified atom stereocenters. The zero-order valence-corrected chi connectivity index (χ0v) is 21.2. The van der Waals surface area contributed by atoms with Crippen molar-refractivity contribution in [2.75, 3.05) is 0 Å². The summed E-state index contributed by atoms with van der Waals surface area (Å²) in [6, 6.07) is 14.7. The lowest BCUT2D eigenvalue weighted by molar-refractivity contribution is 0.0254. The molecule has 0 spiro atoms. The largest absolute Gasteiger partial charge is 0.507 e. The molecule has 0 aliphatic carbocycles. The third-order valence-corrected chi connectivity index (χ3v) is 6.98. The molecule has 0 amide bonds. The van der Waals surface area contributed by atoms with Gasteiger partial charge >= 0.3 is 5.97 Å². The number of rotatable bonds is 3. The van der Waals surface area contributed by atoms with Gasteiger partial charge in [-0.1, -0.05) is 43.0 Å². The standard InChI is InChI=1S/C32H27NO4/c1-5-6-7-8-12-22-21(4)29(34)19(2)17-26(22)32(25-15-10-9-13-24(25)31(36)37-32)27-18-20(3)30(35)28-23(27)14-11-16-33-28/h8-18,34-35H,5H2,1-4H3/b12-8-. The van der Waals surface area contributed by atoms with Crippen molar-refractivity contribution in [1.29, 1.82) is 0 Å². The van der Waals surface area contributed by atoms with E-state index in [9.17, 15) is 15.0 Å². The second-order valence-electron chi connectivity index (χ2n) is 9.24. The van der Waals surface area contributed by atoms with Crippen LogP contribution in [0.25, 0.3) is 17.0 Å². The van der Waals surface area contributed by atoms with Crippen LogP contribution in [0.15, 0.2) is 60.8 Å². The minimum atomic E-state index is -1.35. The first-order chi connectivity index (χ1) is 17.8. The lowest BCUT2D eigenvalue weighted by Crippen LogP contribution is -2.31. The van der Waals surface area contributed by atoms with Gasteiger partial charge in [-0.25, -0.2) is 4.79 Å². The number of pyridine rings is 1. The molecule has 1 atom stereocenters. The molecule has 4 aromatic rings. The molecule has 0 radical (unpaired) electrons. The van der Waals surface area contributed by atoms with Crippen LogP contribution in [0.2, 0.25) is 0 Å². The first kappa shape index (κ1) is 24.1. The molecule has 2 heterocycles. The van der Waals surface area contributed by atoms with E-state index < -0.39 is 11.6 Å². The summed E-state index contributed by atoms with van der Waals surface area (Å²) in [4.78, 5) is 17.8. The Hall–Kier alpha value is -4.56. The maximum atomic E-state index is 13.4. The highest BCUT2D eigenvalue weighted by atomic mass is 16.6. The average molecular weight is 490 g/mol. The van der Waals surface area contributed by atoms with Gasteiger partial charge < -0.3 is 14.9 Å². The van der Waals surface area contributed by atoms with E-state index in [0.29, 0.717) is 55.4 Å². The number of hydrogen-bond acceptors (Lipinski definition) is 5. The Morgan fingerprint density at radius 3 is 2.49 bits per heavy atom. The summed E-state index contributed by atoms with van der Waals surface area (Å²) in [6.07, 6.45) is 5.96. The number of carbonyl (C=O) groups excluding carboxylic acids is 1. The van der Waals surface area contributed by atoms with Crippen molar-refractivity contribution < 1.29 is 19.7 Å². The molecule has 1 aliphatic heterocycles. The van der Waals surface area contributed by atoms with Gasteiger partial charge in [-0.2, -0.15) is 0 Å². The Morgan fingerprint density at radius 2 is 1.70 bits per heavy atom. The van der Waals surface area contributed by atoms with Crippen molar-refractivity contribution in [1.82, 2.24) is 4.98 Å². The molecular formula is C32H27NO4. The van der Waals surface area contributed by atoms with Gasteiger partial charge in [0.1, 0.15) is 17.0 Å². The molecule has 3 aromatic carbocycles. The number of carbonyl (C=O) groups is 1. The van der Waals surface area contributed by atoms with E-state index in [1.54, 1.807) is 31.3 Å². The fraction of sp³-hybridized carbons (Fsp3) is 0.188. The summed E-state index contributed by atoms with van der Waals surface area (Å²) in [5.74, 6) is 5.88. The Bertz CT molecular complexity index is 1670. The maximum absolute atomic E-state index is 13.4. The number of aromatic hydroxyl groups is 2. The molecule has 5 heteroatoms. The van der Waals surface area contributed by atoms with Crippen LogP contribution in [0, 0.1) is 32.6 Å². The highest BCUT2D eigenvalue weighted by Gasteiger charge is 2.51. The molecule has 5 nitrogen and oxygen atoms in total. The predicted molar refractivity (Wildman–Crippen MR) is 145 cm³/mol. The summed E-state index contributed by atoms with van der Waals surface area (Å²) in [6.45, 7) is 7.45. The van der Waals surface area contributed by atoms with Crippen LogP contribution in [0.5, 0.6) is 11.5 Å². The lowest BCUT2D eigenvalue weighted by atomic mass is 9.74. The molecular weight excluding hydrogens is 462 g/mol.